The van der Waals surface area contributed by atoms with Crippen LogP contribution in [0.5, 0.6) is 5.75 Å². The van der Waals surface area contributed by atoms with Crippen LogP contribution in [0, 0.1) is 0 Å². The van der Waals surface area contributed by atoms with Gasteiger partial charge in [0.05, 0.1) is 8.34 Å². The number of aromatic hydroxyl groups is 1. The summed E-state index contributed by atoms with van der Waals surface area (Å²) in [4.78, 5) is 0.400. The van der Waals surface area contributed by atoms with Crippen molar-refractivity contribution in [2.75, 3.05) is 20.5 Å². The van der Waals surface area contributed by atoms with Crippen LogP contribution in [0.3, 0.4) is 0 Å². The fourth-order valence-electron chi connectivity index (χ4n) is 2.87. The van der Waals surface area contributed by atoms with Gasteiger partial charge in [-0.15, -0.1) is 0 Å². The lowest BCUT2D eigenvalue weighted by atomic mass is 9.72. The van der Waals surface area contributed by atoms with Gasteiger partial charge in [-0.1, -0.05) is 31.4 Å². The van der Waals surface area contributed by atoms with Crippen molar-refractivity contribution in [1.29, 1.82) is 0 Å². The second-order valence-electron chi connectivity index (χ2n) is 5.25. The van der Waals surface area contributed by atoms with Gasteiger partial charge in [0.2, 0.25) is 0 Å². The molecule has 0 heterocycles. The van der Waals surface area contributed by atoms with Crippen LogP contribution < -0.4 is 0 Å². The van der Waals surface area contributed by atoms with E-state index in [1.165, 1.54) is 12.1 Å². The molecular weight excluding hydrogens is 238 g/mol. The molecule has 1 aromatic carbocycles. The van der Waals surface area contributed by atoms with Gasteiger partial charge in [0.1, 0.15) is 5.75 Å². The first-order valence-corrected chi connectivity index (χ1v) is 6.56. The molecule has 1 fully saturated rings. The largest absolute Gasteiger partial charge is 0.508 e. The molecule has 2 N–H and O–H groups in total. The summed E-state index contributed by atoms with van der Waals surface area (Å²) >= 11 is 0. The van der Waals surface area contributed by atoms with Gasteiger partial charge >= 0.3 is 0 Å². The number of aliphatic hydroxyl groups is 1. The van der Waals surface area contributed by atoms with E-state index >= 15 is 0 Å². The van der Waals surface area contributed by atoms with Crippen molar-refractivity contribution < 1.29 is 21.2 Å². The van der Waals surface area contributed by atoms with Crippen LogP contribution in [-0.2, 0) is 0 Å². The topological polar surface area (TPSA) is 43.7 Å². The molecule has 1 saturated carbocycles. The molecule has 0 aliphatic heterocycles. The number of hydrogen-bond acceptors (Lipinski definition) is 3. The Hall–Kier alpha value is -1.06. The summed E-state index contributed by atoms with van der Waals surface area (Å²) in [5.41, 5.74) is -1.06. The first-order chi connectivity index (χ1) is 12.3. The predicted molar refractivity (Wildman–Crippen MR) is 77.4 cm³/mol. The van der Waals surface area contributed by atoms with E-state index in [0.717, 1.165) is 6.42 Å². The first kappa shape index (κ1) is 7.09. The Morgan fingerprint density at radius 2 is 1.95 bits per heavy atom. The molecular formula is C16H25NO2. The minimum absolute atomic E-state index is 0.283. The molecule has 2 rings (SSSR count). The molecule has 1 aliphatic carbocycles. The van der Waals surface area contributed by atoms with Gasteiger partial charge in [0, 0.05) is 20.7 Å². The summed E-state index contributed by atoms with van der Waals surface area (Å²) in [6.07, 6.45) is 3.09. The maximum Gasteiger partial charge on any atom is 0.115 e. The Labute approximate surface area is 127 Å². The van der Waals surface area contributed by atoms with Gasteiger partial charge in [0.15, 0.2) is 0 Å². The van der Waals surface area contributed by atoms with Crippen molar-refractivity contribution in [3.8, 4) is 5.75 Å². The van der Waals surface area contributed by atoms with Crippen molar-refractivity contribution in [2.24, 2.45) is 0 Å². The van der Waals surface area contributed by atoms with E-state index in [-0.39, 0.29) is 17.6 Å². The van der Waals surface area contributed by atoms with Gasteiger partial charge in [-0.2, -0.15) is 0 Å². The highest BCUT2D eigenvalue weighted by Gasteiger charge is 2.38. The van der Waals surface area contributed by atoms with Crippen LogP contribution in [-0.4, -0.2) is 41.2 Å². The molecule has 0 radical (unpaired) electrons. The smallest absolute Gasteiger partial charge is 0.115 e. The van der Waals surface area contributed by atoms with Gasteiger partial charge in [-0.3, -0.25) is 0 Å². The zero-order chi connectivity index (χ0) is 20.6. The average Bonchev–Trinajstić information content (AvgIpc) is 2.50. The highest BCUT2D eigenvalue weighted by Crippen LogP contribution is 2.40. The van der Waals surface area contributed by atoms with Crippen molar-refractivity contribution in [3.05, 3.63) is 29.8 Å². The van der Waals surface area contributed by atoms with Crippen LogP contribution in [0.15, 0.2) is 24.2 Å². The summed E-state index contributed by atoms with van der Waals surface area (Å²) < 4.78 is 61.2. The molecule has 19 heavy (non-hydrogen) atoms. The zero-order valence-corrected chi connectivity index (χ0v) is 10.8. The van der Waals surface area contributed by atoms with E-state index in [0.29, 0.717) is 30.6 Å². The van der Waals surface area contributed by atoms with Crippen molar-refractivity contribution >= 4 is 0 Å². The molecule has 1 unspecified atom stereocenters. The number of benzene rings is 1. The van der Waals surface area contributed by atoms with Crippen molar-refractivity contribution in [3.63, 3.8) is 0 Å². The second-order valence-corrected chi connectivity index (χ2v) is 5.25. The number of phenolic OH excluding ortho intramolecular Hbond substituents is 1. The third-order valence-corrected chi connectivity index (χ3v) is 3.89. The summed E-state index contributed by atoms with van der Waals surface area (Å²) in [7, 11) is 0. The van der Waals surface area contributed by atoms with Crippen molar-refractivity contribution in [2.45, 2.75) is 43.6 Å². The lowest BCUT2D eigenvalue weighted by Crippen LogP contribution is -2.42. The van der Waals surface area contributed by atoms with Crippen LogP contribution >= 0.6 is 0 Å². The Morgan fingerprint density at radius 3 is 2.53 bits per heavy atom. The first-order valence-electron chi connectivity index (χ1n) is 10.6. The Bertz CT molecular complexity index is 630. The number of phenols is 1. The molecule has 3 nitrogen and oxygen atoms in total. The van der Waals surface area contributed by atoms with Gasteiger partial charge < -0.3 is 15.1 Å². The maximum absolute atomic E-state index is 11.2. The third kappa shape index (κ3) is 3.48. The lowest BCUT2D eigenvalue weighted by Gasteiger charge is -2.40. The van der Waals surface area contributed by atoms with Crippen LogP contribution in [0.2, 0.25) is 0 Å². The van der Waals surface area contributed by atoms with Crippen LogP contribution in [0.25, 0.3) is 0 Å². The zero-order valence-electron chi connectivity index (χ0n) is 18.8. The van der Waals surface area contributed by atoms with Gasteiger partial charge in [0.25, 0.3) is 0 Å². The quantitative estimate of drug-likeness (QED) is 0.885. The van der Waals surface area contributed by atoms with E-state index in [2.05, 4.69) is 0 Å². The van der Waals surface area contributed by atoms with Crippen LogP contribution in [0.1, 0.15) is 54.6 Å². The molecule has 0 aromatic heterocycles. The fraction of sp³-hybridized carbons (Fsp3) is 0.625. The monoisotopic (exact) mass is 271 g/mol. The predicted octanol–water partition coefficient (Wildman–Crippen LogP) is 2.73. The second kappa shape index (κ2) is 5.93. The molecule has 1 aromatic rings. The number of rotatable bonds is 4. The number of nitrogens with zero attached hydrogens (tertiary/aromatic N) is 1. The van der Waals surface area contributed by atoms with Crippen molar-refractivity contribution in [1.82, 2.24) is 4.90 Å². The molecule has 3 heteroatoms. The number of hydrogen-bond donors (Lipinski definition) is 2. The van der Waals surface area contributed by atoms with E-state index in [1.54, 1.807) is 0 Å². The summed E-state index contributed by atoms with van der Waals surface area (Å²) in [5, 5.41) is 20.9. The maximum atomic E-state index is 11.2. The normalized spacial score (nSPS) is 27.9. The van der Waals surface area contributed by atoms with E-state index in [9.17, 15) is 10.2 Å². The fourth-order valence-corrected chi connectivity index (χ4v) is 2.87. The SMILES string of the molecule is [2H]c1cc(C(CN(C([2H])([2H])[2H])C([2H])([2H])[2H])C2(O)CCCCC2)cc([2H])c1O. The Morgan fingerprint density at radius 1 is 1.32 bits per heavy atom. The summed E-state index contributed by atoms with van der Waals surface area (Å²) in [5.74, 6) is -1.44. The molecule has 0 saturated heterocycles. The minimum Gasteiger partial charge on any atom is -0.508 e. The van der Waals surface area contributed by atoms with Crippen LogP contribution in [0.4, 0.5) is 0 Å². The molecule has 1 atom stereocenters. The van der Waals surface area contributed by atoms with E-state index in [4.69, 9.17) is 11.0 Å². The van der Waals surface area contributed by atoms with Gasteiger partial charge in [-0.05, 0) is 44.4 Å². The average molecular weight is 271 g/mol. The van der Waals surface area contributed by atoms with E-state index < -0.39 is 37.8 Å². The lowest BCUT2D eigenvalue weighted by molar-refractivity contribution is -0.0277. The van der Waals surface area contributed by atoms with E-state index in [1.807, 2.05) is 0 Å². The highest BCUT2D eigenvalue weighted by molar-refractivity contribution is 5.30. The molecule has 1 aliphatic rings. The Kier molecular flexibility index (Phi) is 2.21. The summed E-state index contributed by atoms with van der Waals surface area (Å²) in [6, 6.07) is 1.89. The molecule has 0 amide bonds. The Balaban J connectivity index is 2.53. The molecule has 0 bridgehead atoms. The minimum atomic E-state index is -2.90. The third-order valence-electron chi connectivity index (χ3n) is 3.89. The molecule has 0 spiro atoms. The molecule has 106 valence electrons. The standard InChI is InChI=1S/C16H25NO2/c1-17(2)12-15(13-6-8-14(18)9-7-13)16(19)10-4-3-5-11-16/h6-9,15,18-19H,3-5,10-12H2,1-2H3/i1D3,2D3,8D,9D. The van der Waals surface area contributed by atoms with Gasteiger partial charge in [-0.25, -0.2) is 0 Å². The summed E-state index contributed by atoms with van der Waals surface area (Å²) in [6.45, 7) is -6.29. The highest BCUT2D eigenvalue weighted by atomic mass is 16.3. The number of likely N-dealkylation sites (N-methyl/N-ethyl adjacent to an activating group) is 1.